The topological polar surface area (TPSA) is 75.6 Å². The standard InChI is InChI=1S/C14H17NO4/c1-9-4-5-10(19-2)8-11(9)15-12(16)14(13(17)18)6-3-7-14/h4-5,8H,3,6-7H2,1-2H3,(H,15,16)(H,17,18). The van der Waals surface area contributed by atoms with E-state index < -0.39 is 17.3 Å². The van der Waals surface area contributed by atoms with Crippen LogP contribution in [-0.2, 0) is 9.59 Å². The molecule has 0 unspecified atom stereocenters. The maximum Gasteiger partial charge on any atom is 0.319 e. The Morgan fingerprint density at radius 3 is 2.53 bits per heavy atom. The summed E-state index contributed by atoms with van der Waals surface area (Å²) >= 11 is 0. The van der Waals surface area contributed by atoms with Gasteiger partial charge in [0.15, 0.2) is 0 Å². The number of nitrogens with one attached hydrogen (secondary N) is 1. The van der Waals surface area contributed by atoms with Crippen molar-refractivity contribution in [3.8, 4) is 5.75 Å². The number of ether oxygens (including phenoxy) is 1. The second-order valence-electron chi connectivity index (χ2n) is 4.88. The summed E-state index contributed by atoms with van der Waals surface area (Å²) in [5, 5.41) is 11.9. The predicted octanol–water partition coefficient (Wildman–Crippen LogP) is 2.20. The average Bonchev–Trinajstić information content (AvgIpc) is 2.30. The predicted molar refractivity (Wildman–Crippen MR) is 70.3 cm³/mol. The lowest BCUT2D eigenvalue weighted by Crippen LogP contribution is -2.48. The van der Waals surface area contributed by atoms with Crippen molar-refractivity contribution in [3.63, 3.8) is 0 Å². The highest BCUT2D eigenvalue weighted by Gasteiger charge is 2.51. The Bertz CT molecular complexity index is 520. The van der Waals surface area contributed by atoms with Crippen LogP contribution in [0, 0.1) is 12.3 Å². The highest BCUT2D eigenvalue weighted by Crippen LogP contribution is 2.42. The van der Waals surface area contributed by atoms with Gasteiger partial charge in [0.2, 0.25) is 5.91 Å². The molecule has 2 rings (SSSR count). The molecule has 0 atom stereocenters. The van der Waals surface area contributed by atoms with Crippen molar-refractivity contribution in [2.45, 2.75) is 26.2 Å². The number of aryl methyl sites for hydroxylation is 1. The van der Waals surface area contributed by atoms with Crippen molar-refractivity contribution in [2.24, 2.45) is 5.41 Å². The van der Waals surface area contributed by atoms with E-state index in [1.165, 1.54) is 0 Å². The largest absolute Gasteiger partial charge is 0.497 e. The van der Waals surface area contributed by atoms with E-state index in [2.05, 4.69) is 5.32 Å². The van der Waals surface area contributed by atoms with Gasteiger partial charge in [-0.15, -0.1) is 0 Å². The molecule has 1 amide bonds. The zero-order valence-corrected chi connectivity index (χ0v) is 11.0. The van der Waals surface area contributed by atoms with E-state index in [1.54, 1.807) is 19.2 Å². The van der Waals surface area contributed by atoms with Crippen LogP contribution >= 0.6 is 0 Å². The second-order valence-corrected chi connectivity index (χ2v) is 4.88. The molecule has 1 aromatic carbocycles. The zero-order chi connectivity index (χ0) is 14.0. The van der Waals surface area contributed by atoms with E-state index in [0.717, 1.165) is 12.0 Å². The van der Waals surface area contributed by atoms with Crippen molar-refractivity contribution in [1.82, 2.24) is 0 Å². The Morgan fingerprint density at radius 1 is 1.37 bits per heavy atom. The minimum absolute atomic E-state index is 0.400. The van der Waals surface area contributed by atoms with Gasteiger partial charge < -0.3 is 15.2 Å². The molecule has 0 radical (unpaired) electrons. The number of amides is 1. The molecule has 102 valence electrons. The van der Waals surface area contributed by atoms with Crippen LogP contribution in [0.3, 0.4) is 0 Å². The third kappa shape index (κ3) is 2.28. The molecule has 0 bridgehead atoms. The number of carboxylic acids is 1. The first kappa shape index (κ1) is 13.4. The fourth-order valence-electron chi connectivity index (χ4n) is 2.17. The summed E-state index contributed by atoms with van der Waals surface area (Å²) < 4.78 is 5.10. The number of carbonyl (C=O) groups is 2. The Hall–Kier alpha value is -2.04. The highest BCUT2D eigenvalue weighted by molar-refractivity contribution is 6.09. The molecule has 0 aliphatic heterocycles. The molecule has 5 nitrogen and oxygen atoms in total. The fourth-order valence-corrected chi connectivity index (χ4v) is 2.17. The lowest BCUT2D eigenvalue weighted by Gasteiger charge is -2.35. The van der Waals surface area contributed by atoms with Gasteiger partial charge in [0.05, 0.1) is 7.11 Å². The Labute approximate surface area is 111 Å². The molecule has 1 aliphatic rings. The van der Waals surface area contributed by atoms with Gasteiger partial charge in [-0.1, -0.05) is 12.5 Å². The van der Waals surface area contributed by atoms with Crippen molar-refractivity contribution in [2.75, 3.05) is 12.4 Å². The molecular weight excluding hydrogens is 246 g/mol. The monoisotopic (exact) mass is 263 g/mol. The minimum Gasteiger partial charge on any atom is -0.497 e. The van der Waals surface area contributed by atoms with Gasteiger partial charge in [-0.2, -0.15) is 0 Å². The van der Waals surface area contributed by atoms with Gasteiger partial charge in [-0.3, -0.25) is 9.59 Å². The summed E-state index contributed by atoms with van der Waals surface area (Å²) in [5.74, 6) is -0.863. The van der Waals surface area contributed by atoms with Crippen molar-refractivity contribution < 1.29 is 19.4 Å². The van der Waals surface area contributed by atoms with Gasteiger partial charge in [-0.25, -0.2) is 0 Å². The number of hydrogen-bond donors (Lipinski definition) is 2. The molecule has 2 N–H and O–H groups in total. The SMILES string of the molecule is COc1ccc(C)c(NC(=O)C2(C(=O)O)CCC2)c1. The number of methoxy groups -OCH3 is 1. The number of anilines is 1. The lowest BCUT2D eigenvalue weighted by atomic mass is 9.68. The van der Waals surface area contributed by atoms with E-state index in [9.17, 15) is 14.7 Å². The first-order chi connectivity index (χ1) is 8.99. The van der Waals surface area contributed by atoms with Crippen LogP contribution in [0.4, 0.5) is 5.69 Å². The highest BCUT2D eigenvalue weighted by atomic mass is 16.5. The number of benzene rings is 1. The summed E-state index contributed by atoms with van der Waals surface area (Å²) in [6.07, 6.45) is 1.57. The quantitative estimate of drug-likeness (QED) is 0.816. The fraction of sp³-hybridized carbons (Fsp3) is 0.429. The summed E-state index contributed by atoms with van der Waals surface area (Å²) in [5.41, 5.74) is 0.209. The Morgan fingerprint density at radius 2 is 2.05 bits per heavy atom. The molecule has 0 aromatic heterocycles. The number of carbonyl (C=O) groups excluding carboxylic acids is 1. The van der Waals surface area contributed by atoms with E-state index in [0.29, 0.717) is 24.3 Å². The van der Waals surface area contributed by atoms with E-state index in [1.807, 2.05) is 13.0 Å². The van der Waals surface area contributed by atoms with Crippen LogP contribution in [0.5, 0.6) is 5.75 Å². The summed E-state index contributed by atoms with van der Waals surface area (Å²) in [6.45, 7) is 1.85. The van der Waals surface area contributed by atoms with Crippen molar-refractivity contribution >= 4 is 17.6 Å². The lowest BCUT2D eigenvalue weighted by molar-refractivity contribution is -0.159. The van der Waals surface area contributed by atoms with Gasteiger partial charge in [0.1, 0.15) is 11.2 Å². The number of hydrogen-bond acceptors (Lipinski definition) is 3. The molecule has 1 fully saturated rings. The molecule has 0 heterocycles. The van der Waals surface area contributed by atoms with Crippen LogP contribution < -0.4 is 10.1 Å². The normalized spacial score (nSPS) is 16.3. The van der Waals surface area contributed by atoms with Crippen LogP contribution in [0.15, 0.2) is 18.2 Å². The molecule has 5 heteroatoms. The van der Waals surface area contributed by atoms with Crippen molar-refractivity contribution in [3.05, 3.63) is 23.8 Å². The van der Waals surface area contributed by atoms with Gasteiger partial charge >= 0.3 is 5.97 Å². The minimum atomic E-state index is -1.25. The summed E-state index contributed by atoms with van der Waals surface area (Å²) in [6, 6.07) is 5.31. The smallest absolute Gasteiger partial charge is 0.319 e. The van der Waals surface area contributed by atoms with E-state index in [4.69, 9.17) is 4.74 Å². The van der Waals surface area contributed by atoms with E-state index in [-0.39, 0.29) is 0 Å². The third-order valence-corrected chi connectivity index (χ3v) is 3.74. The van der Waals surface area contributed by atoms with Crippen LogP contribution in [0.1, 0.15) is 24.8 Å². The molecule has 19 heavy (non-hydrogen) atoms. The van der Waals surface area contributed by atoms with Crippen LogP contribution in [0.25, 0.3) is 0 Å². The maximum absolute atomic E-state index is 12.2. The second kappa shape index (κ2) is 4.91. The molecule has 1 aromatic rings. The number of carboxylic acid groups (broad SMARTS) is 1. The van der Waals surface area contributed by atoms with E-state index >= 15 is 0 Å². The number of aliphatic carboxylic acids is 1. The molecule has 1 saturated carbocycles. The molecule has 0 saturated heterocycles. The Balaban J connectivity index is 2.21. The zero-order valence-electron chi connectivity index (χ0n) is 11.0. The first-order valence-corrected chi connectivity index (χ1v) is 6.19. The molecule has 0 spiro atoms. The average molecular weight is 263 g/mol. The summed E-state index contributed by atoms with van der Waals surface area (Å²) in [4.78, 5) is 23.4. The van der Waals surface area contributed by atoms with Crippen LogP contribution in [0.2, 0.25) is 0 Å². The molecule has 1 aliphatic carbocycles. The van der Waals surface area contributed by atoms with Crippen LogP contribution in [-0.4, -0.2) is 24.1 Å². The first-order valence-electron chi connectivity index (χ1n) is 6.19. The molecular formula is C14H17NO4. The van der Waals surface area contributed by atoms with Crippen molar-refractivity contribution in [1.29, 1.82) is 0 Å². The summed E-state index contributed by atoms with van der Waals surface area (Å²) in [7, 11) is 1.54. The van der Waals surface area contributed by atoms with Gasteiger partial charge in [0.25, 0.3) is 0 Å². The van der Waals surface area contributed by atoms with Gasteiger partial charge in [-0.05, 0) is 31.4 Å². The Kier molecular flexibility index (Phi) is 3.46. The van der Waals surface area contributed by atoms with Gasteiger partial charge in [0, 0.05) is 11.8 Å². The number of rotatable bonds is 4. The maximum atomic E-state index is 12.2. The third-order valence-electron chi connectivity index (χ3n) is 3.74.